The highest BCUT2D eigenvalue weighted by atomic mass is 35.5. The Balaban J connectivity index is 1.25. The van der Waals surface area contributed by atoms with Crippen molar-refractivity contribution in [1.82, 2.24) is 15.1 Å². The maximum atomic E-state index is 13.0. The van der Waals surface area contributed by atoms with Crippen LogP contribution in [-0.4, -0.2) is 22.2 Å². The Hall–Kier alpha value is -2.94. The molecule has 6 nitrogen and oxygen atoms in total. The number of alkyl halides is 3. The maximum absolute atomic E-state index is 13.0. The Labute approximate surface area is 187 Å². The van der Waals surface area contributed by atoms with Crippen molar-refractivity contribution < 1.29 is 27.1 Å². The number of halogens is 4. The van der Waals surface area contributed by atoms with Gasteiger partial charge in [-0.05, 0) is 49.6 Å². The van der Waals surface area contributed by atoms with Crippen LogP contribution in [0.2, 0.25) is 5.02 Å². The van der Waals surface area contributed by atoms with Crippen molar-refractivity contribution in [2.45, 2.75) is 44.5 Å². The summed E-state index contributed by atoms with van der Waals surface area (Å²) in [4.78, 5) is 12.3. The number of para-hydroxylation sites is 1. The number of aromatic nitrogens is 2. The van der Waals surface area contributed by atoms with Crippen molar-refractivity contribution in [3.8, 4) is 5.75 Å². The van der Waals surface area contributed by atoms with E-state index < -0.39 is 17.8 Å². The molecule has 3 aromatic rings. The first-order chi connectivity index (χ1) is 15.3. The van der Waals surface area contributed by atoms with Crippen molar-refractivity contribution in [2.75, 3.05) is 6.54 Å². The van der Waals surface area contributed by atoms with E-state index in [-0.39, 0.29) is 31.4 Å². The van der Waals surface area contributed by atoms with Crippen molar-refractivity contribution in [2.24, 2.45) is 0 Å². The van der Waals surface area contributed by atoms with Crippen LogP contribution in [0.15, 0.2) is 46.9 Å². The van der Waals surface area contributed by atoms with Crippen LogP contribution in [0.25, 0.3) is 0 Å². The quantitative estimate of drug-likeness (QED) is 0.426. The van der Waals surface area contributed by atoms with Gasteiger partial charge in [-0.15, -0.1) is 0 Å². The normalized spacial score (nSPS) is 13.9. The summed E-state index contributed by atoms with van der Waals surface area (Å²) in [5.74, 6) is 0.824. The second kappa shape index (κ2) is 9.28. The molecule has 0 aliphatic heterocycles. The van der Waals surface area contributed by atoms with Gasteiger partial charge in [-0.1, -0.05) is 23.7 Å². The zero-order valence-electron chi connectivity index (χ0n) is 17.0. The number of benzene rings is 1. The van der Waals surface area contributed by atoms with Crippen LogP contribution in [0.4, 0.5) is 13.2 Å². The van der Waals surface area contributed by atoms with Gasteiger partial charge < -0.3 is 14.5 Å². The van der Waals surface area contributed by atoms with Crippen LogP contribution in [0.3, 0.4) is 0 Å². The zero-order valence-corrected chi connectivity index (χ0v) is 17.7. The number of ether oxygens (including phenoxy) is 1. The van der Waals surface area contributed by atoms with E-state index >= 15 is 0 Å². The molecule has 0 saturated heterocycles. The predicted octanol–water partition coefficient (Wildman–Crippen LogP) is 5.42. The van der Waals surface area contributed by atoms with E-state index in [4.69, 9.17) is 20.8 Å². The molecular weight excluding hydrogens is 447 g/mol. The van der Waals surface area contributed by atoms with Gasteiger partial charge in [-0.3, -0.25) is 9.48 Å². The molecule has 1 amide bonds. The summed E-state index contributed by atoms with van der Waals surface area (Å²) in [6, 6.07) is 11.3. The highest BCUT2D eigenvalue weighted by Gasteiger charge is 2.37. The Morgan fingerprint density at radius 3 is 2.75 bits per heavy atom. The van der Waals surface area contributed by atoms with E-state index in [0.717, 1.165) is 18.9 Å². The summed E-state index contributed by atoms with van der Waals surface area (Å²) in [7, 11) is 0. The minimum atomic E-state index is -4.46. The molecule has 0 bridgehead atoms. The third kappa shape index (κ3) is 5.45. The van der Waals surface area contributed by atoms with Crippen molar-refractivity contribution in [3.05, 3.63) is 70.4 Å². The molecule has 170 valence electrons. The van der Waals surface area contributed by atoms with E-state index in [9.17, 15) is 18.0 Å². The first-order valence-corrected chi connectivity index (χ1v) is 10.6. The van der Waals surface area contributed by atoms with Crippen molar-refractivity contribution >= 4 is 17.5 Å². The summed E-state index contributed by atoms with van der Waals surface area (Å²) in [6.07, 6.45) is -2.27. The second-order valence-electron chi connectivity index (χ2n) is 7.54. The van der Waals surface area contributed by atoms with Gasteiger partial charge >= 0.3 is 6.18 Å². The molecule has 0 spiro atoms. The number of carbonyl (C=O) groups is 1. The number of nitrogens with zero attached hydrogens (tertiary/aromatic N) is 2. The van der Waals surface area contributed by atoms with Crippen LogP contribution in [0.5, 0.6) is 5.75 Å². The number of hydrogen-bond donors (Lipinski definition) is 1. The molecule has 1 aliphatic rings. The molecule has 2 heterocycles. The monoisotopic (exact) mass is 467 g/mol. The maximum Gasteiger partial charge on any atom is 0.435 e. The summed E-state index contributed by atoms with van der Waals surface area (Å²) in [5.41, 5.74) is -0.261. The first kappa shape index (κ1) is 22.3. The number of carbonyl (C=O) groups excluding carboxylic acids is 1. The SMILES string of the molecule is O=C(NCCCn1nc(C(F)(F)F)cc1C1CC1)c1ccc(COc2ccccc2Cl)o1. The molecule has 2 aromatic heterocycles. The minimum Gasteiger partial charge on any atom is -0.484 e. The first-order valence-electron chi connectivity index (χ1n) is 10.2. The van der Waals surface area contributed by atoms with Gasteiger partial charge in [0.2, 0.25) is 0 Å². The molecule has 32 heavy (non-hydrogen) atoms. The lowest BCUT2D eigenvalue weighted by Crippen LogP contribution is -2.25. The van der Waals surface area contributed by atoms with Gasteiger partial charge in [-0.2, -0.15) is 18.3 Å². The van der Waals surface area contributed by atoms with Gasteiger partial charge in [0.05, 0.1) is 5.02 Å². The van der Waals surface area contributed by atoms with Crippen molar-refractivity contribution in [3.63, 3.8) is 0 Å². The Bertz CT molecular complexity index is 1090. The lowest BCUT2D eigenvalue weighted by atomic mass is 10.2. The molecular formula is C22H21ClF3N3O3. The van der Waals surface area contributed by atoms with E-state index in [1.165, 1.54) is 10.7 Å². The molecule has 0 radical (unpaired) electrons. The average molecular weight is 468 g/mol. The third-order valence-corrected chi connectivity index (χ3v) is 5.33. The van der Waals surface area contributed by atoms with Crippen LogP contribution in [0.1, 0.15) is 52.9 Å². The Morgan fingerprint density at radius 2 is 2.03 bits per heavy atom. The van der Waals surface area contributed by atoms with E-state index in [0.29, 0.717) is 28.6 Å². The van der Waals surface area contributed by atoms with E-state index in [1.54, 1.807) is 30.3 Å². The molecule has 1 saturated carbocycles. The summed E-state index contributed by atoms with van der Waals surface area (Å²) in [6.45, 7) is 0.676. The smallest absolute Gasteiger partial charge is 0.435 e. The fraction of sp³-hybridized carbons (Fsp3) is 0.364. The lowest BCUT2D eigenvalue weighted by molar-refractivity contribution is -0.141. The molecule has 10 heteroatoms. The predicted molar refractivity (Wildman–Crippen MR) is 111 cm³/mol. The molecule has 4 rings (SSSR count). The molecule has 1 N–H and O–H groups in total. The average Bonchev–Trinajstić information content (AvgIpc) is 3.31. The largest absolute Gasteiger partial charge is 0.484 e. The molecule has 1 aromatic carbocycles. The molecule has 1 fully saturated rings. The fourth-order valence-electron chi connectivity index (χ4n) is 3.26. The summed E-state index contributed by atoms with van der Waals surface area (Å²) >= 11 is 6.03. The zero-order chi connectivity index (χ0) is 22.7. The number of nitrogens with one attached hydrogen (secondary N) is 1. The summed E-state index contributed by atoms with van der Waals surface area (Å²) < 4.78 is 51.4. The molecule has 0 unspecified atom stereocenters. The standard InChI is InChI=1S/C22H21ClF3N3O3/c23-16-4-1-2-5-18(16)31-13-15-8-9-19(32-15)21(30)27-10-3-11-29-17(14-6-7-14)12-20(28-29)22(24,25)26/h1-2,4-5,8-9,12,14H,3,6-7,10-11,13H2,(H,27,30). The molecule has 0 atom stereocenters. The van der Waals surface area contributed by atoms with Gasteiger partial charge in [0.25, 0.3) is 5.91 Å². The van der Waals surface area contributed by atoms with Crippen LogP contribution < -0.4 is 10.1 Å². The van der Waals surface area contributed by atoms with E-state index in [1.807, 2.05) is 0 Å². The number of hydrogen-bond acceptors (Lipinski definition) is 4. The van der Waals surface area contributed by atoms with Gasteiger partial charge in [-0.25, -0.2) is 0 Å². The number of aryl methyl sites for hydroxylation is 1. The number of amides is 1. The van der Waals surface area contributed by atoms with Gasteiger partial charge in [0.15, 0.2) is 11.5 Å². The lowest BCUT2D eigenvalue weighted by Gasteiger charge is -2.08. The number of rotatable bonds is 9. The molecule has 1 aliphatic carbocycles. The van der Waals surface area contributed by atoms with Crippen LogP contribution in [-0.2, 0) is 19.3 Å². The van der Waals surface area contributed by atoms with E-state index in [2.05, 4.69) is 10.4 Å². The van der Waals surface area contributed by atoms with Crippen molar-refractivity contribution in [1.29, 1.82) is 0 Å². The van der Waals surface area contributed by atoms with Gasteiger partial charge in [0, 0.05) is 24.7 Å². The minimum absolute atomic E-state index is 0.113. The van der Waals surface area contributed by atoms with Crippen LogP contribution >= 0.6 is 11.6 Å². The topological polar surface area (TPSA) is 69.3 Å². The third-order valence-electron chi connectivity index (χ3n) is 5.02. The summed E-state index contributed by atoms with van der Waals surface area (Å²) in [5, 5.41) is 6.89. The van der Waals surface area contributed by atoms with Crippen LogP contribution in [0, 0.1) is 0 Å². The fourth-order valence-corrected chi connectivity index (χ4v) is 3.45. The highest BCUT2D eigenvalue weighted by Crippen LogP contribution is 2.42. The second-order valence-corrected chi connectivity index (χ2v) is 7.95. The van der Waals surface area contributed by atoms with Gasteiger partial charge in [0.1, 0.15) is 18.1 Å². The highest BCUT2D eigenvalue weighted by molar-refractivity contribution is 6.32. The number of furan rings is 1. The Kier molecular flexibility index (Phi) is 6.45. The Morgan fingerprint density at radius 1 is 1.25 bits per heavy atom.